The molecule has 0 atom stereocenters. The highest BCUT2D eigenvalue weighted by atomic mass is 13.5. The van der Waals surface area contributed by atoms with Gasteiger partial charge in [0.15, 0.2) is 0 Å². The summed E-state index contributed by atoms with van der Waals surface area (Å²) in [5.74, 6) is 4.00. The summed E-state index contributed by atoms with van der Waals surface area (Å²) in [4.78, 5) is 0. The third-order valence-electron chi connectivity index (χ3n) is 0.496. The summed E-state index contributed by atoms with van der Waals surface area (Å²) in [6, 6.07) is 0. The molecule has 0 spiro atoms. The zero-order valence-corrected chi connectivity index (χ0v) is 4.31. The van der Waals surface area contributed by atoms with Crippen molar-refractivity contribution >= 4 is 15.7 Å². The highest BCUT2D eigenvalue weighted by molar-refractivity contribution is 6.18. The first kappa shape index (κ1) is 5.61. The van der Waals surface area contributed by atoms with Gasteiger partial charge in [0.25, 0.3) is 0 Å². The van der Waals surface area contributed by atoms with E-state index in [1.54, 1.807) is 0 Å². The zero-order valence-electron chi connectivity index (χ0n) is 4.31. The number of hydrogen-bond acceptors (Lipinski definition) is 0. The molecule has 0 unspecified atom stereocenters. The summed E-state index contributed by atoms with van der Waals surface area (Å²) in [6.45, 7) is 0. The van der Waals surface area contributed by atoms with Crippen LogP contribution in [0.3, 0.4) is 0 Å². The lowest BCUT2D eigenvalue weighted by Crippen LogP contribution is -1.50. The van der Waals surface area contributed by atoms with Crippen LogP contribution in [0, 0.1) is 0 Å². The molecule has 0 rings (SSSR count). The number of allylic oxidation sites excluding steroid dienone is 2. The maximum atomic E-state index is 2.00. The molecular formula is C4H8B2. The molecule has 30 valence electrons. The van der Waals surface area contributed by atoms with Crippen molar-refractivity contribution in [2.45, 2.75) is 0 Å². The van der Waals surface area contributed by atoms with Gasteiger partial charge in [-0.05, 0) is 0 Å². The van der Waals surface area contributed by atoms with Crippen molar-refractivity contribution in [1.82, 2.24) is 0 Å². The first-order valence-electron chi connectivity index (χ1n) is 2.15. The van der Waals surface area contributed by atoms with Gasteiger partial charge in [0.1, 0.15) is 15.7 Å². The zero-order chi connectivity index (χ0) is 4.83. The standard InChI is InChI=1S/C4H8B2/c5-3-1-2-4-6/h1-4H,5-6H2/b3-1-,4-2-. The molecule has 6 heavy (non-hydrogen) atoms. The molecule has 0 aromatic carbocycles. The molecule has 0 nitrogen and oxygen atoms in total. The second-order valence-corrected chi connectivity index (χ2v) is 1.05. The van der Waals surface area contributed by atoms with Crippen LogP contribution in [-0.4, -0.2) is 15.7 Å². The summed E-state index contributed by atoms with van der Waals surface area (Å²) >= 11 is 0. The van der Waals surface area contributed by atoms with Crippen molar-refractivity contribution < 1.29 is 0 Å². The summed E-state index contributed by atoms with van der Waals surface area (Å²) in [5.41, 5.74) is 0. The Morgan fingerprint density at radius 1 is 0.833 bits per heavy atom. The summed E-state index contributed by atoms with van der Waals surface area (Å²) in [7, 11) is 4.00. The van der Waals surface area contributed by atoms with Crippen molar-refractivity contribution in [2.24, 2.45) is 0 Å². The van der Waals surface area contributed by atoms with Gasteiger partial charge in [-0.15, -0.1) is 12.0 Å². The van der Waals surface area contributed by atoms with Crippen LogP contribution in [0.25, 0.3) is 0 Å². The van der Waals surface area contributed by atoms with E-state index in [-0.39, 0.29) is 0 Å². The molecule has 0 aliphatic heterocycles. The molecule has 0 amide bonds. The minimum Gasteiger partial charge on any atom is -0.124 e. The Morgan fingerprint density at radius 3 is 1.33 bits per heavy atom. The quantitative estimate of drug-likeness (QED) is 0.286. The maximum Gasteiger partial charge on any atom is 0.129 e. The van der Waals surface area contributed by atoms with Gasteiger partial charge in [0.2, 0.25) is 0 Å². The second-order valence-electron chi connectivity index (χ2n) is 1.05. The minimum atomic E-state index is 2.00. The molecule has 0 heterocycles. The summed E-state index contributed by atoms with van der Waals surface area (Å²) < 4.78 is 0. The van der Waals surface area contributed by atoms with Crippen LogP contribution in [0.1, 0.15) is 0 Å². The maximum absolute atomic E-state index is 2.00. The largest absolute Gasteiger partial charge is 0.129 e. The lowest BCUT2D eigenvalue weighted by Gasteiger charge is -1.62. The fraction of sp³-hybridized carbons (Fsp3) is 0. The molecule has 0 saturated heterocycles. The van der Waals surface area contributed by atoms with Gasteiger partial charge in [0.05, 0.1) is 0 Å². The van der Waals surface area contributed by atoms with Crippen LogP contribution in [0.4, 0.5) is 0 Å². The smallest absolute Gasteiger partial charge is 0.124 e. The van der Waals surface area contributed by atoms with Gasteiger partial charge in [-0.3, -0.25) is 0 Å². The van der Waals surface area contributed by atoms with Crippen LogP contribution in [-0.2, 0) is 0 Å². The van der Waals surface area contributed by atoms with Crippen molar-refractivity contribution in [2.75, 3.05) is 0 Å². The molecule has 0 aliphatic rings. The molecule has 2 heteroatoms. The minimum absolute atomic E-state index is 2.00. The van der Waals surface area contributed by atoms with E-state index in [2.05, 4.69) is 0 Å². The summed E-state index contributed by atoms with van der Waals surface area (Å²) in [5, 5.41) is 0. The Labute approximate surface area is 40.8 Å². The van der Waals surface area contributed by atoms with E-state index in [0.717, 1.165) is 0 Å². The molecule has 0 saturated carbocycles. The van der Waals surface area contributed by atoms with Gasteiger partial charge in [-0.2, -0.15) is 0 Å². The highest BCUT2D eigenvalue weighted by Gasteiger charge is 1.49. The Bertz CT molecular complexity index is 53.9. The van der Waals surface area contributed by atoms with Crippen molar-refractivity contribution in [3.05, 3.63) is 24.1 Å². The molecule has 0 bridgehead atoms. The monoisotopic (exact) mass is 78.1 g/mol. The van der Waals surface area contributed by atoms with E-state index >= 15 is 0 Å². The Balaban J connectivity index is 3.07. The van der Waals surface area contributed by atoms with Crippen LogP contribution in [0.5, 0.6) is 0 Å². The predicted molar refractivity (Wildman–Crippen MR) is 35.4 cm³/mol. The Hall–Kier alpha value is -0.390. The molecule has 0 aliphatic carbocycles. The molecule has 0 fully saturated rings. The third-order valence-corrected chi connectivity index (χ3v) is 0.496. The molecule has 0 N–H and O–H groups in total. The van der Waals surface area contributed by atoms with E-state index in [4.69, 9.17) is 0 Å². The number of hydrogen-bond donors (Lipinski definition) is 0. The van der Waals surface area contributed by atoms with E-state index in [1.807, 2.05) is 39.8 Å². The van der Waals surface area contributed by atoms with E-state index in [9.17, 15) is 0 Å². The van der Waals surface area contributed by atoms with Gasteiger partial charge >= 0.3 is 0 Å². The van der Waals surface area contributed by atoms with Crippen LogP contribution in [0.15, 0.2) is 24.1 Å². The lowest BCUT2D eigenvalue weighted by molar-refractivity contribution is 2.08. The van der Waals surface area contributed by atoms with E-state index < -0.39 is 0 Å². The normalized spacial score (nSPS) is 11.3. The van der Waals surface area contributed by atoms with Gasteiger partial charge < -0.3 is 0 Å². The van der Waals surface area contributed by atoms with Crippen LogP contribution in [0.2, 0.25) is 0 Å². The van der Waals surface area contributed by atoms with E-state index in [1.165, 1.54) is 0 Å². The van der Waals surface area contributed by atoms with Gasteiger partial charge in [-0.25, -0.2) is 0 Å². The average Bonchev–Trinajstić information content (AvgIpc) is 1.61. The molecule has 0 aromatic heterocycles. The van der Waals surface area contributed by atoms with E-state index in [0.29, 0.717) is 0 Å². The molecular weight excluding hydrogens is 69.7 g/mol. The lowest BCUT2D eigenvalue weighted by atomic mass is 10.1. The second kappa shape index (κ2) is 4.61. The fourth-order valence-corrected chi connectivity index (χ4v) is 0.222. The molecule has 0 radical (unpaired) electrons. The average molecular weight is 77.7 g/mol. The first-order valence-corrected chi connectivity index (χ1v) is 2.15. The van der Waals surface area contributed by atoms with Crippen molar-refractivity contribution in [1.29, 1.82) is 0 Å². The van der Waals surface area contributed by atoms with Crippen LogP contribution < -0.4 is 0 Å². The Kier molecular flexibility index (Phi) is 4.31. The van der Waals surface area contributed by atoms with Gasteiger partial charge in [0, 0.05) is 0 Å². The SMILES string of the molecule is B/C=C\C=C/B. The topological polar surface area (TPSA) is 0 Å². The molecule has 0 aromatic rings. The third kappa shape index (κ3) is 3.61. The van der Waals surface area contributed by atoms with Crippen molar-refractivity contribution in [3.63, 3.8) is 0 Å². The fourth-order valence-electron chi connectivity index (χ4n) is 0.222. The van der Waals surface area contributed by atoms with Gasteiger partial charge in [-0.1, -0.05) is 12.2 Å². The highest BCUT2D eigenvalue weighted by Crippen LogP contribution is 1.65. The van der Waals surface area contributed by atoms with Crippen molar-refractivity contribution in [3.8, 4) is 0 Å². The predicted octanol–water partition coefficient (Wildman–Crippen LogP) is -0.720. The van der Waals surface area contributed by atoms with Crippen LogP contribution >= 0.6 is 0 Å². The first-order chi connectivity index (χ1) is 2.91. The number of rotatable bonds is 1. The Morgan fingerprint density at radius 2 is 1.17 bits per heavy atom. The summed E-state index contributed by atoms with van der Waals surface area (Å²) in [6.07, 6.45) is 4.00.